The Morgan fingerprint density at radius 3 is 2.81 bits per heavy atom. The average molecular weight is 288 g/mol. The average Bonchev–Trinajstić information content (AvgIpc) is 3.04. The number of amides is 1. The van der Waals surface area contributed by atoms with Crippen molar-refractivity contribution in [3.63, 3.8) is 0 Å². The third-order valence-electron chi connectivity index (χ3n) is 5.04. The van der Waals surface area contributed by atoms with Crippen molar-refractivity contribution in [2.24, 2.45) is 11.3 Å². The smallest absolute Gasteiger partial charge is 0.253 e. The Morgan fingerprint density at radius 1 is 1.33 bits per heavy atom. The summed E-state index contributed by atoms with van der Waals surface area (Å²) in [6.07, 6.45) is 1.09. The third kappa shape index (κ3) is 2.70. The molecule has 0 aromatic heterocycles. The fourth-order valence-corrected chi connectivity index (χ4v) is 4.03. The van der Waals surface area contributed by atoms with Crippen LogP contribution in [0.5, 0.6) is 0 Å². The highest BCUT2D eigenvalue weighted by atomic mass is 16.5. The van der Waals surface area contributed by atoms with E-state index in [1.54, 1.807) is 7.11 Å². The molecule has 2 heterocycles. The molecule has 0 aliphatic carbocycles. The van der Waals surface area contributed by atoms with E-state index in [1.807, 2.05) is 35.2 Å². The van der Waals surface area contributed by atoms with Crippen LogP contribution in [0.2, 0.25) is 0 Å². The summed E-state index contributed by atoms with van der Waals surface area (Å²) in [5.41, 5.74) is 1.01. The Bertz CT molecular complexity index is 505. The fraction of sp³-hybridized carbons (Fsp3) is 0.588. The second-order valence-corrected chi connectivity index (χ2v) is 6.55. The number of nitrogens with zero attached hydrogens (tertiary/aromatic N) is 2. The van der Waals surface area contributed by atoms with Gasteiger partial charge in [0.1, 0.15) is 0 Å². The van der Waals surface area contributed by atoms with Crippen LogP contribution < -0.4 is 0 Å². The van der Waals surface area contributed by atoms with Crippen LogP contribution in [-0.2, 0) is 4.74 Å². The zero-order valence-electron chi connectivity index (χ0n) is 12.9. The molecule has 2 atom stereocenters. The number of methoxy groups -OCH3 is 1. The van der Waals surface area contributed by atoms with Crippen LogP contribution in [-0.4, -0.2) is 62.7 Å². The summed E-state index contributed by atoms with van der Waals surface area (Å²) in [7, 11) is 3.94. The van der Waals surface area contributed by atoms with Crippen LogP contribution in [0.3, 0.4) is 0 Å². The van der Waals surface area contributed by atoms with Crippen LogP contribution >= 0.6 is 0 Å². The summed E-state index contributed by atoms with van der Waals surface area (Å²) in [5.74, 6) is 0.694. The number of benzene rings is 1. The van der Waals surface area contributed by atoms with E-state index in [-0.39, 0.29) is 11.3 Å². The molecule has 21 heavy (non-hydrogen) atoms. The van der Waals surface area contributed by atoms with E-state index in [4.69, 9.17) is 4.74 Å². The van der Waals surface area contributed by atoms with Gasteiger partial charge in [-0.2, -0.15) is 0 Å². The van der Waals surface area contributed by atoms with E-state index in [2.05, 4.69) is 11.9 Å². The molecule has 1 spiro atoms. The van der Waals surface area contributed by atoms with Crippen molar-refractivity contribution in [3.8, 4) is 0 Å². The lowest BCUT2D eigenvalue weighted by Crippen LogP contribution is -2.38. The molecule has 0 unspecified atom stereocenters. The molecule has 4 nitrogen and oxygen atoms in total. The van der Waals surface area contributed by atoms with Gasteiger partial charge in [0.25, 0.3) is 5.91 Å². The van der Waals surface area contributed by atoms with Crippen LogP contribution in [0.1, 0.15) is 16.8 Å². The third-order valence-corrected chi connectivity index (χ3v) is 5.04. The Hall–Kier alpha value is -1.39. The van der Waals surface area contributed by atoms with E-state index >= 15 is 0 Å². The second-order valence-electron chi connectivity index (χ2n) is 6.55. The first kappa shape index (κ1) is 14.5. The molecule has 114 valence electrons. The van der Waals surface area contributed by atoms with E-state index in [0.29, 0.717) is 5.92 Å². The molecule has 4 heteroatoms. The van der Waals surface area contributed by atoms with Gasteiger partial charge in [0.2, 0.25) is 0 Å². The van der Waals surface area contributed by atoms with Crippen molar-refractivity contribution in [2.75, 3.05) is 46.9 Å². The molecule has 0 bridgehead atoms. The maximum Gasteiger partial charge on any atom is 0.253 e. The van der Waals surface area contributed by atoms with Crippen molar-refractivity contribution in [3.05, 3.63) is 35.9 Å². The van der Waals surface area contributed by atoms with Crippen LogP contribution in [0, 0.1) is 11.3 Å². The highest BCUT2D eigenvalue weighted by Crippen LogP contribution is 2.43. The second kappa shape index (κ2) is 5.78. The van der Waals surface area contributed by atoms with Gasteiger partial charge in [0.05, 0.1) is 6.61 Å². The quantitative estimate of drug-likeness (QED) is 0.849. The standard InChI is InChI=1S/C17H24N2O2/c1-18-10-15(11-21-2)17(12-18)8-9-19(13-17)16(20)14-6-4-3-5-7-14/h3-7,15H,8-13H2,1-2H3/t15-,17-/m1/s1. The van der Waals surface area contributed by atoms with Crippen molar-refractivity contribution >= 4 is 5.91 Å². The zero-order valence-corrected chi connectivity index (χ0v) is 12.9. The molecule has 2 aliphatic rings. The number of ether oxygens (including phenoxy) is 1. The molecule has 0 saturated carbocycles. The Kier molecular flexibility index (Phi) is 4.00. The molecule has 1 aromatic carbocycles. The largest absolute Gasteiger partial charge is 0.384 e. The van der Waals surface area contributed by atoms with E-state index in [0.717, 1.165) is 44.8 Å². The first-order valence-corrected chi connectivity index (χ1v) is 7.66. The Morgan fingerprint density at radius 2 is 2.10 bits per heavy atom. The molecule has 0 N–H and O–H groups in total. The first-order valence-electron chi connectivity index (χ1n) is 7.66. The number of carbonyl (C=O) groups is 1. The fourth-order valence-electron chi connectivity index (χ4n) is 4.03. The number of hydrogen-bond acceptors (Lipinski definition) is 3. The summed E-state index contributed by atoms with van der Waals surface area (Å²) in [6.45, 7) is 4.65. The van der Waals surface area contributed by atoms with Crippen molar-refractivity contribution < 1.29 is 9.53 Å². The van der Waals surface area contributed by atoms with Crippen molar-refractivity contribution in [1.29, 1.82) is 0 Å². The Balaban J connectivity index is 1.74. The van der Waals surface area contributed by atoms with Gasteiger partial charge in [-0.05, 0) is 25.6 Å². The lowest BCUT2D eigenvalue weighted by molar-refractivity contribution is 0.0716. The van der Waals surface area contributed by atoms with Gasteiger partial charge < -0.3 is 14.5 Å². The van der Waals surface area contributed by atoms with Crippen molar-refractivity contribution in [1.82, 2.24) is 9.80 Å². The summed E-state index contributed by atoms with van der Waals surface area (Å²) in [6, 6.07) is 9.61. The van der Waals surface area contributed by atoms with Gasteiger partial charge >= 0.3 is 0 Å². The number of likely N-dealkylation sites (tertiary alicyclic amines) is 2. The van der Waals surface area contributed by atoms with Gasteiger partial charge in [-0.15, -0.1) is 0 Å². The SMILES string of the molecule is COC[C@H]1CN(C)C[C@@]12CCN(C(=O)c1ccccc1)C2. The molecule has 3 rings (SSSR count). The van der Waals surface area contributed by atoms with Crippen LogP contribution in [0.4, 0.5) is 0 Å². The van der Waals surface area contributed by atoms with E-state index in [1.165, 1.54) is 0 Å². The van der Waals surface area contributed by atoms with Gasteiger partial charge in [-0.25, -0.2) is 0 Å². The number of rotatable bonds is 3. The molecular formula is C17H24N2O2. The summed E-state index contributed by atoms with van der Waals surface area (Å²) in [4.78, 5) is 17.0. The van der Waals surface area contributed by atoms with E-state index in [9.17, 15) is 4.79 Å². The minimum absolute atomic E-state index is 0.165. The van der Waals surface area contributed by atoms with Crippen LogP contribution in [0.25, 0.3) is 0 Å². The van der Waals surface area contributed by atoms with E-state index < -0.39 is 0 Å². The molecule has 1 amide bonds. The molecular weight excluding hydrogens is 264 g/mol. The number of carbonyl (C=O) groups excluding carboxylic acids is 1. The lowest BCUT2D eigenvalue weighted by Gasteiger charge is -2.30. The van der Waals surface area contributed by atoms with Crippen LogP contribution in [0.15, 0.2) is 30.3 Å². The number of hydrogen-bond donors (Lipinski definition) is 0. The minimum Gasteiger partial charge on any atom is -0.384 e. The molecule has 0 radical (unpaired) electrons. The summed E-state index contributed by atoms with van der Waals surface area (Å²) < 4.78 is 5.41. The minimum atomic E-state index is 0.165. The van der Waals surface area contributed by atoms with Gasteiger partial charge in [-0.3, -0.25) is 4.79 Å². The molecule has 1 aromatic rings. The molecule has 2 fully saturated rings. The van der Waals surface area contributed by atoms with Gasteiger partial charge in [0, 0.05) is 50.2 Å². The molecule has 2 saturated heterocycles. The highest BCUT2D eigenvalue weighted by Gasteiger charge is 2.50. The summed E-state index contributed by atoms with van der Waals surface area (Å²) in [5, 5.41) is 0. The maximum absolute atomic E-state index is 12.6. The summed E-state index contributed by atoms with van der Waals surface area (Å²) >= 11 is 0. The topological polar surface area (TPSA) is 32.8 Å². The lowest BCUT2D eigenvalue weighted by atomic mass is 9.77. The monoisotopic (exact) mass is 288 g/mol. The Labute approximate surface area is 126 Å². The molecule has 2 aliphatic heterocycles. The van der Waals surface area contributed by atoms with Gasteiger partial charge in [-0.1, -0.05) is 18.2 Å². The zero-order chi connectivity index (χ0) is 14.9. The predicted octanol–water partition coefficient (Wildman–Crippen LogP) is 1.73. The first-order chi connectivity index (χ1) is 10.1. The highest BCUT2D eigenvalue weighted by molar-refractivity contribution is 5.94. The predicted molar refractivity (Wildman–Crippen MR) is 82.3 cm³/mol. The normalized spacial score (nSPS) is 29.4. The maximum atomic E-state index is 12.6. The van der Waals surface area contributed by atoms with Crippen molar-refractivity contribution in [2.45, 2.75) is 6.42 Å². The van der Waals surface area contributed by atoms with Gasteiger partial charge in [0.15, 0.2) is 0 Å².